The third-order valence-corrected chi connectivity index (χ3v) is 2.24. The Hall–Kier alpha value is -1.32. The molecule has 0 aliphatic rings. The molecule has 0 amide bonds. The SMILES string of the molecule is Cc1cnc(N)nc1NCCCC(C)C. The van der Waals surface area contributed by atoms with Crippen molar-refractivity contribution in [2.75, 3.05) is 17.6 Å². The van der Waals surface area contributed by atoms with Gasteiger partial charge in [-0.15, -0.1) is 0 Å². The largest absolute Gasteiger partial charge is 0.370 e. The van der Waals surface area contributed by atoms with E-state index in [1.54, 1.807) is 6.20 Å². The van der Waals surface area contributed by atoms with Crippen molar-refractivity contribution in [1.29, 1.82) is 0 Å². The van der Waals surface area contributed by atoms with Gasteiger partial charge in [0.15, 0.2) is 0 Å². The lowest BCUT2D eigenvalue weighted by molar-refractivity contribution is 0.566. The van der Waals surface area contributed by atoms with Crippen LogP contribution in [0.1, 0.15) is 32.3 Å². The van der Waals surface area contributed by atoms with Crippen LogP contribution in [0.4, 0.5) is 11.8 Å². The van der Waals surface area contributed by atoms with Gasteiger partial charge in [-0.25, -0.2) is 4.98 Å². The zero-order valence-electron chi connectivity index (χ0n) is 9.75. The lowest BCUT2D eigenvalue weighted by Gasteiger charge is -2.09. The van der Waals surface area contributed by atoms with Gasteiger partial charge >= 0.3 is 0 Å². The maximum atomic E-state index is 5.52. The molecule has 0 aromatic carbocycles. The van der Waals surface area contributed by atoms with Crippen LogP contribution in [0.3, 0.4) is 0 Å². The molecule has 0 aliphatic heterocycles. The van der Waals surface area contributed by atoms with Crippen molar-refractivity contribution >= 4 is 11.8 Å². The molecule has 4 heteroatoms. The minimum absolute atomic E-state index is 0.326. The van der Waals surface area contributed by atoms with Crippen LogP contribution in [0.25, 0.3) is 0 Å². The molecule has 1 heterocycles. The topological polar surface area (TPSA) is 63.8 Å². The van der Waals surface area contributed by atoms with Crippen molar-refractivity contribution in [1.82, 2.24) is 9.97 Å². The Bertz CT molecular complexity index is 309. The lowest BCUT2D eigenvalue weighted by atomic mass is 10.1. The predicted octanol–water partition coefficient (Wildman–Crippen LogP) is 2.22. The molecule has 0 saturated heterocycles. The van der Waals surface area contributed by atoms with Gasteiger partial charge in [0.2, 0.25) is 5.95 Å². The first-order valence-electron chi connectivity index (χ1n) is 5.42. The number of hydrogen-bond acceptors (Lipinski definition) is 4. The normalized spacial score (nSPS) is 10.7. The first-order chi connectivity index (χ1) is 7.09. The Labute approximate surface area is 91.3 Å². The number of aryl methyl sites for hydroxylation is 1. The molecule has 0 radical (unpaired) electrons. The van der Waals surface area contributed by atoms with E-state index in [0.29, 0.717) is 5.95 Å². The Morgan fingerprint density at radius 2 is 2.20 bits per heavy atom. The highest BCUT2D eigenvalue weighted by Gasteiger charge is 2.01. The molecule has 0 aliphatic carbocycles. The van der Waals surface area contributed by atoms with E-state index in [9.17, 15) is 0 Å². The van der Waals surface area contributed by atoms with Crippen molar-refractivity contribution in [3.8, 4) is 0 Å². The van der Waals surface area contributed by atoms with E-state index in [0.717, 1.165) is 30.3 Å². The third-order valence-electron chi connectivity index (χ3n) is 2.24. The molecule has 1 aromatic rings. The van der Waals surface area contributed by atoms with Crippen molar-refractivity contribution < 1.29 is 0 Å². The van der Waals surface area contributed by atoms with E-state index in [1.165, 1.54) is 6.42 Å². The second kappa shape index (κ2) is 5.53. The van der Waals surface area contributed by atoms with Crippen molar-refractivity contribution in [2.45, 2.75) is 33.6 Å². The highest BCUT2D eigenvalue weighted by atomic mass is 15.1. The number of nitrogen functional groups attached to an aromatic ring is 1. The van der Waals surface area contributed by atoms with Gasteiger partial charge in [-0.05, 0) is 25.7 Å². The standard InChI is InChI=1S/C11H20N4/c1-8(2)5-4-6-13-10-9(3)7-14-11(12)15-10/h7-8H,4-6H2,1-3H3,(H3,12,13,14,15). The van der Waals surface area contributed by atoms with Gasteiger partial charge in [0.1, 0.15) is 5.82 Å². The summed E-state index contributed by atoms with van der Waals surface area (Å²) in [5.41, 5.74) is 6.55. The van der Waals surface area contributed by atoms with E-state index < -0.39 is 0 Å². The third kappa shape index (κ3) is 4.14. The van der Waals surface area contributed by atoms with Gasteiger partial charge in [0.25, 0.3) is 0 Å². The lowest BCUT2D eigenvalue weighted by Crippen LogP contribution is -2.08. The second-order valence-corrected chi connectivity index (χ2v) is 4.22. The first kappa shape index (κ1) is 11.8. The van der Waals surface area contributed by atoms with E-state index >= 15 is 0 Å². The molecule has 0 atom stereocenters. The average Bonchev–Trinajstić information content (AvgIpc) is 2.17. The van der Waals surface area contributed by atoms with Crippen molar-refractivity contribution in [2.24, 2.45) is 5.92 Å². The maximum absolute atomic E-state index is 5.52. The summed E-state index contributed by atoms with van der Waals surface area (Å²) in [6.07, 6.45) is 4.13. The number of nitrogens with one attached hydrogen (secondary N) is 1. The molecule has 84 valence electrons. The van der Waals surface area contributed by atoms with Gasteiger partial charge in [-0.3, -0.25) is 0 Å². The summed E-state index contributed by atoms with van der Waals surface area (Å²) >= 11 is 0. The number of hydrogen-bond donors (Lipinski definition) is 2. The molecule has 4 nitrogen and oxygen atoms in total. The number of rotatable bonds is 5. The molecule has 1 aromatic heterocycles. The molecule has 0 spiro atoms. The van der Waals surface area contributed by atoms with Crippen LogP contribution in [-0.4, -0.2) is 16.5 Å². The van der Waals surface area contributed by atoms with Crippen LogP contribution in [0.5, 0.6) is 0 Å². The van der Waals surface area contributed by atoms with Gasteiger partial charge in [0, 0.05) is 18.3 Å². The molecule has 1 rings (SSSR count). The summed E-state index contributed by atoms with van der Waals surface area (Å²) < 4.78 is 0. The molecule has 0 saturated carbocycles. The molecule has 0 bridgehead atoms. The Morgan fingerprint density at radius 3 is 2.87 bits per heavy atom. The second-order valence-electron chi connectivity index (χ2n) is 4.22. The Kier molecular flexibility index (Phi) is 4.34. The summed E-state index contributed by atoms with van der Waals surface area (Å²) in [6.45, 7) is 7.38. The highest BCUT2D eigenvalue weighted by Crippen LogP contribution is 2.11. The van der Waals surface area contributed by atoms with Crippen LogP contribution < -0.4 is 11.1 Å². The van der Waals surface area contributed by atoms with Crippen LogP contribution in [0, 0.1) is 12.8 Å². The highest BCUT2D eigenvalue weighted by molar-refractivity contribution is 5.44. The summed E-state index contributed by atoms with van der Waals surface area (Å²) in [6, 6.07) is 0. The first-order valence-corrected chi connectivity index (χ1v) is 5.42. The summed E-state index contributed by atoms with van der Waals surface area (Å²) in [7, 11) is 0. The number of aromatic nitrogens is 2. The van der Waals surface area contributed by atoms with Gasteiger partial charge in [-0.2, -0.15) is 4.98 Å². The van der Waals surface area contributed by atoms with E-state index in [4.69, 9.17) is 5.73 Å². The number of nitrogens with zero attached hydrogens (tertiary/aromatic N) is 2. The van der Waals surface area contributed by atoms with Gasteiger partial charge < -0.3 is 11.1 Å². The quantitative estimate of drug-likeness (QED) is 0.728. The molecule has 15 heavy (non-hydrogen) atoms. The van der Waals surface area contributed by atoms with E-state index in [2.05, 4.69) is 29.1 Å². The zero-order valence-corrected chi connectivity index (χ0v) is 9.75. The molecule has 0 fully saturated rings. The fraction of sp³-hybridized carbons (Fsp3) is 0.636. The average molecular weight is 208 g/mol. The summed E-state index contributed by atoms with van der Waals surface area (Å²) in [5, 5.41) is 3.28. The van der Waals surface area contributed by atoms with Crippen molar-refractivity contribution in [3.05, 3.63) is 11.8 Å². The van der Waals surface area contributed by atoms with Crippen LogP contribution >= 0.6 is 0 Å². The molecule has 0 unspecified atom stereocenters. The monoisotopic (exact) mass is 208 g/mol. The zero-order chi connectivity index (χ0) is 11.3. The van der Waals surface area contributed by atoms with Crippen LogP contribution in [-0.2, 0) is 0 Å². The van der Waals surface area contributed by atoms with Crippen molar-refractivity contribution in [3.63, 3.8) is 0 Å². The molecular formula is C11H20N4. The molecular weight excluding hydrogens is 188 g/mol. The number of anilines is 2. The minimum Gasteiger partial charge on any atom is -0.370 e. The minimum atomic E-state index is 0.326. The smallest absolute Gasteiger partial charge is 0.221 e. The van der Waals surface area contributed by atoms with Gasteiger partial charge in [-0.1, -0.05) is 13.8 Å². The van der Waals surface area contributed by atoms with E-state index in [-0.39, 0.29) is 0 Å². The number of nitrogens with two attached hydrogens (primary N) is 1. The van der Waals surface area contributed by atoms with Gasteiger partial charge in [0.05, 0.1) is 0 Å². The Balaban J connectivity index is 2.40. The maximum Gasteiger partial charge on any atom is 0.221 e. The summed E-state index contributed by atoms with van der Waals surface area (Å²) in [4.78, 5) is 8.07. The van der Waals surface area contributed by atoms with Crippen LogP contribution in [0.2, 0.25) is 0 Å². The fourth-order valence-electron chi connectivity index (χ4n) is 1.35. The molecule has 3 N–H and O–H groups in total. The fourth-order valence-corrected chi connectivity index (χ4v) is 1.35. The van der Waals surface area contributed by atoms with E-state index in [1.807, 2.05) is 6.92 Å². The predicted molar refractivity (Wildman–Crippen MR) is 63.7 cm³/mol. The summed E-state index contributed by atoms with van der Waals surface area (Å²) in [5.74, 6) is 1.93. The van der Waals surface area contributed by atoms with Crippen LogP contribution in [0.15, 0.2) is 6.20 Å². The Morgan fingerprint density at radius 1 is 1.47 bits per heavy atom.